The minimum Gasteiger partial charge on any atom is -0.468 e. The molecule has 0 radical (unpaired) electrons. The zero-order valence-corrected chi connectivity index (χ0v) is 13.1. The Morgan fingerprint density at radius 2 is 1.95 bits per heavy atom. The van der Waals surface area contributed by atoms with Crippen molar-refractivity contribution in [3.8, 4) is 0 Å². The first-order valence-corrected chi connectivity index (χ1v) is 8.24. The average Bonchev–Trinajstić information content (AvgIpc) is 3.07. The van der Waals surface area contributed by atoms with Crippen molar-refractivity contribution in [2.45, 2.75) is 44.5 Å². The summed E-state index contributed by atoms with van der Waals surface area (Å²) in [4.78, 5) is 0. The van der Waals surface area contributed by atoms with Crippen LogP contribution in [0.1, 0.15) is 38.3 Å². The molecule has 116 valence electrons. The van der Waals surface area contributed by atoms with E-state index in [1.54, 1.807) is 25.1 Å². The van der Waals surface area contributed by atoms with E-state index in [0.29, 0.717) is 24.1 Å². The van der Waals surface area contributed by atoms with Crippen LogP contribution in [0.4, 0.5) is 0 Å². The Labute approximate surface area is 124 Å². The Bertz CT molecular complexity index is 659. The fourth-order valence-corrected chi connectivity index (χ4v) is 2.95. The molecule has 2 N–H and O–H groups in total. The largest absolute Gasteiger partial charge is 0.468 e. The lowest BCUT2D eigenvalue weighted by molar-refractivity contribution is 0.389. The molecule has 0 amide bonds. The molecule has 0 bridgehead atoms. The van der Waals surface area contributed by atoms with E-state index in [1.165, 1.54) is 12.3 Å². The molecule has 7 heteroatoms. The van der Waals surface area contributed by atoms with Crippen LogP contribution in [0.5, 0.6) is 0 Å². The van der Waals surface area contributed by atoms with Crippen LogP contribution < -0.4 is 10.0 Å². The van der Waals surface area contributed by atoms with Crippen molar-refractivity contribution in [2.24, 2.45) is 0 Å². The lowest BCUT2D eigenvalue weighted by Gasteiger charge is -2.10. The average molecular weight is 312 g/mol. The second-order valence-electron chi connectivity index (χ2n) is 5.11. The smallest absolute Gasteiger partial charge is 0.274 e. The van der Waals surface area contributed by atoms with Gasteiger partial charge in [-0.2, -0.15) is 4.72 Å². The van der Waals surface area contributed by atoms with Gasteiger partial charge in [0.15, 0.2) is 0 Å². The number of furan rings is 2. The van der Waals surface area contributed by atoms with Crippen molar-refractivity contribution in [3.05, 3.63) is 42.0 Å². The molecule has 1 unspecified atom stereocenters. The van der Waals surface area contributed by atoms with Crippen molar-refractivity contribution in [2.75, 3.05) is 0 Å². The van der Waals surface area contributed by atoms with E-state index in [0.717, 1.165) is 0 Å². The molecule has 0 aliphatic heterocycles. The molecular weight excluding hydrogens is 292 g/mol. The van der Waals surface area contributed by atoms with Crippen molar-refractivity contribution in [1.82, 2.24) is 10.0 Å². The Morgan fingerprint density at radius 3 is 2.57 bits per heavy atom. The summed E-state index contributed by atoms with van der Waals surface area (Å²) >= 11 is 0. The third kappa shape index (κ3) is 4.20. The molecule has 0 fully saturated rings. The van der Waals surface area contributed by atoms with E-state index in [4.69, 9.17) is 8.83 Å². The molecule has 0 saturated carbocycles. The summed E-state index contributed by atoms with van der Waals surface area (Å²) in [5.41, 5.74) is 0. The van der Waals surface area contributed by atoms with E-state index in [-0.39, 0.29) is 5.09 Å². The molecule has 0 aliphatic rings. The maximum Gasteiger partial charge on any atom is 0.274 e. The molecule has 0 saturated heterocycles. The summed E-state index contributed by atoms with van der Waals surface area (Å²) in [6.07, 6.45) is 1.50. The van der Waals surface area contributed by atoms with Gasteiger partial charge in [0.05, 0.1) is 18.8 Å². The van der Waals surface area contributed by atoms with Crippen molar-refractivity contribution in [1.29, 1.82) is 0 Å². The molecule has 0 spiro atoms. The van der Waals surface area contributed by atoms with Crippen LogP contribution in [0.25, 0.3) is 0 Å². The van der Waals surface area contributed by atoms with Gasteiger partial charge < -0.3 is 14.2 Å². The van der Waals surface area contributed by atoms with Gasteiger partial charge in [0.1, 0.15) is 11.5 Å². The highest BCUT2D eigenvalue weighted by atomic mass is 32.2. The lowest BCUT2D eigenvalue weighted by Crippen LogP contribution is -2.26. The molecule has 2 heterocycles. The number of sulfonamides is 1. The number of hydrogen-bond acceptors (Lipinski definition) is 5. The molecular formula is C14H20N2O4S. The van der Waals surface area contributed by atoms with E-state index in [2.05, 4.69) is 10.0 Å². The highest BCUT2D eigenvalue weighted by Gasteiger charge is 2.23. The van der Waals surface area contributed by atoms with Crippen molar-refractivity contribution >= 4 is 10.0 Å². The van der Waals surface area contributed by atoms with Crippen LogP contribution in [-0.4, -0.2) is 14.5 Å². The lowest BCUT2D eigenvalue weighted by atomic mass is 10.3. The zero-order valence-electron chi connectivity index (χ0n) is 12.3. The van der Waals surface area contributed by atoms with Crippen LogP contribution in [0.3, 0.4) is 0 Å². The second kappa shape index (κ2) is 6.46. The minimum atomic E-state index is -3.71. The summed E-state index contributed by atoms with van der Waals surface area (Å²) in [6.45, 7) is 6.21. The summed E-state index contributed by atoms with van der Waals surface area (Å²) in [7, 11) is -3.71. The van der Waals surface area contributed by atoms with Gasteiger partial charge in [-0.15, -0.1) is 0 Å². The monoisotopic (exact) mass is 312 g/mol. The predicted octanol–water partition coefficient (Wildman–Crippen LogP) is 2.41. The molecule has 21 heavy (non-hydrogen) atoms. The third-order valence-corrected chi connectivity index (χ3v) is 4.30. The van der Waals surface area contributed by atoms with E-state index in [9.17, 15) is 8.42 Å². The first kappa shape index (κ1) is 15.8. The molecule has 2 aromatic rings. The first-order valence-electron chi connectivity index (χ1n) is 6.76. The molecule has 1 atom stereocenters. The highest BCUT2D eigenvalue weighted by Crippen LogP contribution is 2.19. The fraction of sp³-hybridized carbons (Fsp3) is 0.429. The van der Waals surface area contributed by atoms with Crippen LogP contribution in [0.15, 0.2) is 44.5 Å². The van der Waals surface area contributed by atoms with E-state index in [1.807, 2.05) is 13.8 Å². The SMILES string of the molecule is CC(C)NCc1ccc(S(=O)(=O)NC(C)c2ccco2)o1. The number of rotatable bonds is 7. The molecule has 2 rings (SSSR count). The molecule has 6 nitrogen and oxygen atoms in total. The standard InChI is InChI=1S/C14H20N2O4S/c1-10(2)15-9-12-6-7-14(20-12)21(17,18)16-11(3)13-5-4-8-19-13/h4-8,10-11,15-16H,9H2,1-3H3. The van der Waals surface area contributed by atoms with Crippen LogP contribution in [0.2, 0.25) is 0 Å². The van der Waals surface area contributed by atoms with E-state index >= 15 is 0 Å². The summed E-state index contributed by atoms with van der Waals surface area (Å²) in [5, 5.41) is 3.07. The minimum absolute atomic E-state index is 0.0959. The van der Waals surface area contributed by atoms with Gasteiger partial charge in [-0.05, 0) is 31.2 Å². The summed E-state index contributed by atoms with van der Waals surface area (Å²) < 4.78 is 37.5. The van der Waals surface area contributed by atoms with Gasteiger partial charge >= 0.3 is 0 Å². The summed E-state index contributed by atoms with van der Waals surface area (Å²) in [5.74, 6) is 1.13. The van der Waals surface area contributed by atoms with Gasteiger partial charge in [0.2, 0.25) is 5.09 Å². The van der Waals surface area contributed by atoms with Gasteiger partial charge in [0, 0.05) is 6.04 Å². The topological polar surface area (TPSA) is 84.5 Å². The zero-order chi connectivity index (χ0) is 15.5. The number of nitrogens with one attached hydrogen (secondary N) is 2. The second-order valence-corrected chi connectivity index (χ2v) is 6.76. The normalized spacial score (nSPS) is 13.7. The van der Waals surface area contributed by atoms with Crippen molar-refractivity contribution in [3.63, 3.8) is 0 Å². The van der Waals surface area contributed by atoms with Gasteiger partial charge in [-0.1, -0.05) is 13.8 Å². The van der Waals surface area contributed by atoms with Gasteiger partial charge in [-0.3, -0.25) is 0 Å². The quantitative estimate of drug-likeness (QED) is 0.820. The van der Waals surface area contributed by atoms with Crippen LogP contribution in [-0.2, 0) is 16.6 Å². The van der Waals surface area contributed by atoms with Crippen molar-refractivity contribution < 1.29 is 17.3 Å². The maximum atomic E-state index is 12.2. The Kier molecular flexibility index (Phi) is 4.87. The Balaban J connectivity index is 2.05. The Hall–Kier alpha value is -1.57. The Morgan fingerprint density at radius 1 is 1.19 bits per heavy atom. The van der Waals surface area contributed by atoms with Gasteiger partial charge in [0.25, 0.3) is 10.0 Å². The van der Waals surface area contributed by atoms with Crippen LogP contribution >= 0.6 is 0 Å². The van der Waals surface area contributed by atoms with Gasteiger partial charge in [-0.25, -0.2) is 8.42 Å². The fourth-order valence-electron chi connectivity index (χ4n) is 1.79. The number of hydrogen-bond donors (Lipinski definition) is 2. The highest BCUT2D eigenvalue weighted by molar-refractivity contribution is 7.89. The molecule has 2 aromatic heterocycles. The maximum absolute atomic E-state index is 12.2. The molecule has 0 aromatic carbocycles. The predicted molar refractivity (Wildman–Crippen MR) is 78.1 cm³/mol. The van der Waals surface area contributed by atoms with Crippen LogP contribution in [0, 0.1) is 0 Å². The summed E-state index contributed by atoms with van der Waals surface area (Å²) in [6, 6.07) is 6.37. The van der Waals surface area contributed by atoms with E-state index < -0.39 is 16.1 Å². The molecule has 0 aliphatic carbocycles. The first-order chi connectivity index (χ1) is 9.88. The third-order valence-electron chi connectivity index (χ3n) is 2.89.